The number of esters is 1. The number of aryl methyl sites for hydroxylation is 1. The summed E-state index contributed by atoms with van der Waals surface area (Å²) < 4.78 is 12.3. The van der Waals surface area contributed by atoms with Gasteiger partial charge in [0.25, 0.3) is 0 Å². The molecule has 0 amide bonds. The van der Waals surface area contributed by atoms with Crippen molar-refractivity contribution in [2.75, 3.05) is 7.11 Å². The van der Waals surface area contributed by atoms with Gasteiger partial charge in [-0.05, 0) is 31.2 Å². The summed E-state index contributed by atoms with van der Waals surface area (Å²) in [5.41, 5.74) is 3.33. The van der Waals surface area contributed by atoms with E-state index in [2.05, 4.69) is 10.8 Å². The molecule has 110 valence electrons. The van der Waals surface area contributed by atoms with Crippen molar-refractivity contribution >= 4 is 5.97 Å². The van der Waals surface area contributed by atoms with Gasteiger partial charge in [0.2, 0.25) is 0 Å². The van der Waals surface area contributed by atoms with Gasteiger partial charge in [0.05, 0.1) is 7.11 Å². The van der Waals surface area contributed by atoms with Gasteiger partial charge >= 0.3 is 5.97 Å². The van der Waals surface area contributed by atoms with E-state index in [0.29, 0.717) is 6.61 Å². The molecule has 0 spiro atoms. The first kappa shape index (κ1) is 15.0. The Balaban J connectivity index is 2.06. The molecule has 0 N–H and O–H groups in total. The number of aromatic nitrogens is 1. The van der Waals surface area contributed by atoms with Gasteiger partial charge in [0, 0.05) is 29.7 Å². The molecule has 1 aromatic carbocycles. The summed E-state index contributed by atoms with van der Waals surface area (Å²) in [5.74, 6) is 0.598. The zero-order valence-corrected chi connectivity index (χ0v) is 12.6. The van der Waals surface area contributed by atoms with E-state index in [9.17, 15) is 4.79 Å². The van der Waals surface area contributed by atoms with Gasteiger partial charge in [0.1, 0.15) is 12.4 Å². The minimum Gasteiger partial charge on any atom is -0.497 e. The van der Waals surface area contributed by atoms with E-state index in [4.69, 9.17) is 9.47 Å². The van der Waals surface area contributed by atoms with E-state index < -0.39 is 0 Å². The lowest BCUT2D eigenvalue weighted by Gasteiger charge is -2.06. The molecule has 2 rings (SSSR count). The summed E-state index contributed by atoms with van der Waals surface area (Å²) in [6, 6.07) is 10.00. The number of carbonyl (C=O) groups is 1. The minimum absolute atomic E-state index is 0.260. The predicted octanol–water partition coefficient (Wildman–Crippen LogP) is 2.40. The summed E-state index contributed by atoms with van der Waals surface area (Å²) in [7, 11) is 1.66. The molecule has 4 heteroatoms. The van der Waals surface area contributed by atoms with Gasteiger partial charge < -0.3 is 9.47 Å². The van der Waals surface area contributed by atoms with Crippen LogP contribution in [0, 0.1) is 6.92 Å². The molecule has 0 atom stereocenters. The lowest BCUT2D eigenvalue weighted by molar-refractivity contribution is -0.688. The van der Waals surface area contributed by atoms with Crippen LogP contribution < -0.4 is 9.30 Å². The Bertz CT molecular complexity index is 620. The van der Waals surface area contributed by atoms with E-state index in [-0.39, 0.29) is 5.97 Å². The van der Waals surface area contributed by atoms with Crippen molar-refractivity contribution < 1.29 is 18.8 Å². The van der Waals surface area contributed by atoms with E-state index in [0.717, 1.165) is 23.4 Å². The number of carbonyl (C=O) groups excluding carboxylic acids is 1. The highest BCUT2D eigenvalue weighted by Crippen LogP contribution is 2.11. The molecule has 0 bridgehead atoms. The van der Waals surface area contributed by atoms with Gasteiger partial charge in [-0.1, -0.05) is 0 Å². The van der Waals surface area contributed by atoms with Crippen LogP contribution in [0.5, 0.6) is 5.75 Å². The number of benzene rings is 1. The van der Waals surface area contributed by atoms with E-state index in [1.165, 1.54) is 12.5 Å². The van der Waals surface area contributed by atoms with E-state index in [1.54, 1.807) is 7.11 Å². The molecule has 4 nitrogen and oxygen atoms in total. The standard InChI is InChI=1S/C17H20NO3/c1-13-10-18(9-8-16(13)12-21-14(2)19)11-15-4-6-17(20-3)7-5-15/h4-10H,11-12H2,1-3H3/q+1. The molecule has 0 unspecified atom stereocenters. The fourth-order valence-corrected chi connectivity index (χ4v) is 2.07. The van der Waals surface area contributed by atoms with Crippen molar-refractivity contribution in [2.45, 2.75) is 27.0 Å². The van der Waals surface area contributed by atoms with Gasteiger partial charge in [-0.2, -0.15) is 0 Å². The first-order chi connectivity index (χ1) is 10.1. The highest BCUT2D eigenvalue weighted by atomic mass is 16.5. The maximum atomic E-state index is 10.9. The second kappa shape index (κ2) is 6.88. The second-order valence-electron chi connectivity index (χ2n) is 4.95. The van der Waals surface area contributed by atoms with Crippen LogP contribution in [-0.4, -0.2) is 13.1 Å². The van der Waals surface area contributed by atoms with Crippen LogP contribution in [0.3, 0.4) is 0 Å². The Hall–Kier alpha value is -2.36. The smallest absolute Gasteiger partial charge is 0.302 e. The molecule has 0 saturated heterocycles. The molecule has 0 aliphatic heterocycles. The van der Waals surface area contributed by atoms with Crippen LogP contribution in [-0.2, 0) is 22.7 Å². The summed E-state index contributed by atoms with van der Waals surface area (Å²) in [5, 5.41) is 0. The van der Waals surface area contributed by atoms with E-state index >= 15 is 0 Å². The molecule has 0 fully saturated rings. The molecule has 1 aromatic heterocycles. The fourth-order valence-electron chi connectivity index (χ4n) is 2.07. The van der Waals surface area contributed by atoms with Gasteiger partial charge in [-0.15, -0.1) is 0 Å². The van der Waals surface area contributed by atoms with Gasteiger partial charge in [0.15, 0.2) is 18.9 Å². The number of hydrogen-bond acceptors (Lipinski definition) is 3. The van der Waals surface area contributed by atoms with Crippen LogP contribution in [0.2, 0.25) is 0 Å². The zero-order valence-electron chi connectivity index (χ0n) is 12.6. The van der Waals surface area contributed by atoms with Crippen LogP contribution in [0.25, 0.3) is 0 Å². The van der Waals surface area contributed by atoms with Crippen molar-refractivity contribution in [2.24, 2.45) is 0 Å². The number of ether oxygens (including phenoxy) is 2. The average molecular weight is 286 g/mol. The Morgan fingerprint density at radius 2 is 1.90 bits per heavy atom. The molecule has 0 aliphatic carbocycles. The normalized spacial score (nSPS) is 10.2. The second-order valence-corrected chi connectivity index (χ2v) is 4.95. The third-order valence-corrected chi connectivity index (χ3v) is 3.29. The Morgan fingerprint density at radius 1 is 1.19 bits per heavy atom. The maximum absolute atomic E-state index is 10.9. The number of nitrogens with zero attached hydrogens (tertiary/aromatic N) is 1. The molecular weight excluding hydrogens is 266 g/mol. The van der Waals surface area contributed by atoms with Crippen LogP contribution in [0.4, 0.5) is 0 Å². The Morgan fingerprint density at radius 3 is 2.48 bits per heavy atom. The maximum Gasteiger partial charge on any atom is 0.302 e. The predicted molar refractivity (Wildman–Crippen MR) is 78.9 cm³/mol. The first-order valence-corrected chi connectivity index (χ1v) is 6.83. The van der Waals surface area contributed by atoms with Gasteiger partial charge in [-0.25, -0.2) is 4.57 Å². The summed E-state index contributed by atoms with van der Waals surface area (Å²) in [6.07, 6.45) is 4.05. The van der Waals surface area contributed by atoms with Crippen molar-refractivity contribution in [1.82, 2.24) is 0 Å². The quantitative estimate of drug-likeness (QED) is 0.626. The SMILES string of the molecule is COc1ccc(C[n+]2ccc(COC(C)=O)c(C)c2)cc1. The van der Waals surface area contributed by atoms with Crippen molar-refractivity contribution in [3.8, 4) is 5.75 Å². The zero-order chi connectivity index (χ0) is 15.2. The Labute approximate surface area is 124 Å². The van der Waals surface area contributed by atoms with Crippen molar-refractivity contribution in [1.29, 1.82) is 0 Å². The van der Waals surface area contributed by atoms with Crippen LogP contribution in [0.15, 0.2) is 42.7 Å². The summed E-state index contributed by atoms with van der Waals surface area (Å²) in [6.45, 7) is 4.55. The number of hydrogen-bond donors (Lipinski definition) is 0. The molecule has 0 aliphatic rings. The molecule has 1 heterocycles. The van der Waals surface area contributed by atoms with E-state index in [1.807, 2.05) is 43.5 Å². The monoisotopic (exact) mass is 286 g/mol. The number of methoxy groups -OCH3 is 1. The molecule has 21 heavy (non-hydrogen) atoms. The average Bonchev–Trinajstić information content (AvgIpc) is 2.47. The first-order valence-electron chi connectivity index (χ1n) is 6.83. The van der Waals surface area contributed by atoms with Crippen LogP contribution in [0.1, 0.15) is 23.6 Å². The molecule has 2 aromatic rings. The highest BCUT2D eigenvalue weighted by Gasteiger charge is 2.08. The molecular formula is C17H20NO3+. The largest absolute Gasteiger partial charge is 0.497 e. The fraction of sp³-hybridized carbons (Fsp3) is 0.294. The van der Waals surface area contributed by atoms with Crippen LogP contribution >= 0.6 is 0 Å². The summed E-state index contributed by atoms with van der Waals surface area (Å²) in [4.78, 5) is 10.9. The molecule has 0 saturated carbocycles. The van der Waals surface area contributed by atoms with Crippen molar-refractivity contribution in [3.63, 3.8) is 0 Å². The minimum atomic E-state index is -0.260. The molecule has 0 radical (unpaired) electrons. The highest BCUT2D eigenvalue weighted by molar-refractivity contribution is 5.65. The van der Waals surface area contributed by atoms with Crippen molar-refractivity contribution in [3.05, 3.63) is 59.4 Å². The summed E-state index contributed by atoms with van der Waals surface area (Å²) >= 11 is 0. The lowest BCUT2D eigenvalue weighted by atomic mass is 10.1. The number of rotatable bonds is 5. The topological polar surface area (TPSA) is 39.4 Å². The van der Waals surface area contributed by atoms with Gasteiger partial charge in [-0.3, -0.25) is 4.79 Å². The Kier molecular flexibility index (Phi) is 4.93. The number of pyridine rings is 1. The lowest BCUT2D eigenvalue weighted by Crippen LogP contribution is -2.34. The third-order valence-electron chi connectivity index (χ3n) is 3.29. The third kappa shape index (κ3) is 4.31.